The van der Waals surface area contributed by atoms with E-state index >= 15 is 0 Å². The van der Waals surface area contributed by atoms with E-state index in [9.17, 15) is 9.18 Å². The largest absolute Gasteiger partial charge is 0.284 e. The summed E-state index contributed by atoms with van der Waals surface area (Å²) in [5.74, 6) is -0.347. The highest BCUT2D eigenvalue weighted by Crippen LogP contribution is 2.39. The molecule has 1 heterocycles. The molecule has 2 rings (SSSR count). The molecule has 0 unspecified atom stereocenters. The zero-order valence-corrected chi connectivity index (χ0v) is 13.3. The highest BCUT2D eigenvalue weighted by Gasteiger charge is 2.36. The Morgan fingerprint density at radius 1 is 1.00 bits per heavy atom. The smallest absolute Gasteiger partial charge is 0.258 e. The topological polar surface area (TPSA) is 22.0 Å². The quantitative estimate of drug-likeness (QED) is 0.807. The van der Waals surface area contributed by atoms with Gasteiger partial charge in [-0.15, -0.1) is 0 Å². The molecule has 2 aromatic rings. The number of rotatable bonds is 2. The predicted octanol–water partition coefficient (Wildman–Crippen LogP) is 4.30. The Labute approximate surface area is 125 Å². The van der Waals surface area contributed by atoms with E-state index in [-0.39, 0.29) is 22.2 Å². The van der Waals surface area contributed by atoms with E-state index in [0.29, 0.717) is 5.69 Å². The molecule has 0 atom stereocenters. The van der Waals surface area contributed by atoms with Gasteiger partial charge in [0.25, 0.3) is 5.56 Å². The fourth-order valence-corrected chi connectivity index (χ4v) is 2.20. The van der Waals surface area contributed by atoms with Crippen molar-refractivity contribution in [2.75, 3.05) is 0 Å². The van der Waals surface area contributed by atoms with Crippen LogP contribution < -0.4 is 5.56 Å². The molecule has 0 radical (unpaired) electrons. The molecule has 0 saturated carbocycles. The summed E-state index contributed by atoms with van der Waals surface area (Å²) >= 11 is 0. The summed E-state index contributed by atoms with van der Waals surface area (Å²) < 4.78 is 14.9. The van der Waals surface area contributed by atoms with E-state index in [0.717, 1.165) is 5.56 Å². The highest BCUT2D eigenvalue weighted by molar-refractivity contribution is 5.35. The molecule has 0 aliphatic carbocycles. The Morgan fingerprint density at radius 2 is 1.67 bits per heavy atom. The van der Waals surface area contributed by atoms with Gasteiger partial charge in [0.05, 0.1) is 5.69 Å². The second kappa shape index (κ2) is 5.14. The third-order valence-corrected chi connectivity index (χ3v) is 4.58. The maximum absolute atomic E-state index is 13.4. The molecule has 0 aliphatic heterocycles. The Hall–Kier alpha value is -1.90. The van der Waals surface area contributed by atoms with Crippen molar-refractivity contribution in [3.05, 3.63) is 64.3 Å². The number of aromatic nitrogens is 1. The van der Waals surface area contributed by atoms with Crippen LogP contribution in [0.3, 0.4) is 0 Å². The minimum absolute atomic E-state index is 0.0622. The van der Waals surface area contributed by atoms with Gasteiger partial charge < -0.3 is 0 Å². The minimum atomic E-state index is -0.347. The van der Waals surface area contributed by atoms with Crippen LogP contribution in [0, 0.1) is 11.2 Å². The third kappa shape index (κ3) is 2.78. The van der Waals surface area contributed by atoms with E-state index < -0.39 is 0 Å². The van der Waals surface area contributed by atoms with Gasteiger partial charge in [-0.25, -0.2) is 4.39 Å². The first-order valence-electron chi connectivity index (χ1n) is 7.13. The van der Waals surface area contributed by atoms with Gasteiger partial charge in [-0.05, 0) is 35.1 Å². The third-order valence-electron chi connectivity index (χ3n) is 4.58. The molecular formula is C18H22FNO. The monoisotopic (exact) mass is 287 g/mol. The lowest BCUT2D eigenvalue weighted by molar-refractivity contribution is 0.223. The van der Waals surface area contributed by atoms with Gasteiger partial charge in [0.2, 0.25) is 0 Å². The first-order chi connectivity index (χ1) is 9.64. The van der Waals surface area contributed by atoms with E-state index in [1.54, 1.807) is 18.3 Å². The van der Waals surface area contributed by atoms with Gasteiger partial charge in [0, 0.05) is 11.8 Å². The molecule has 3 heteroatoms. The first-order valence-corrected chi connectivity index (χ1v) is 7.13. The zero-order valence-electron chi connectivity index (χ0n) is 13.3. The maximum Gasteiger partial charge on any atom is 0.258 e. The molecule has 21 heavy (non-hydrogen) atoms. The average molecular weight is 287 g/mol. The number of benzene rings is 1. The van der Waals surface area contributed by atoms with Gasteiger partial charge in [0.15, 0.2) is 0 Å². The van der Waals surface area contributed by atoms with Crippen molar-refractivity contribution < 1.29 is 4.39 Å². The summed E-state index contributed by atoms with van der Waals surface area (Å²) in [5.41, 5.74) is 0.838. The fourth-order valence-electron chi connectivity index (χ4n) is 2.20. The Kier molecular flexibility index (Phi) is 3.79. The van der Waals surface area contributed by atoms with Gasteiger partial charge in [-0.2, -0.15) is 0 Å². The van der Waals surface area contributed by atoms with Crippen molar-refractivity contribution in [3.8, 4) is 5.69 Å². The SMILES string of the molecule is CC(C)(C)C(C)(C)c1cccn(-c2cccc(F)c2)c1=O. The minimum Gasteiger partial charge on any atom is -0.284 e. The summed E-state index contributed by atoms with van der Waals surface area (Å²) in [7, 11) is 0. The molecule has 2 nitrogen and oxygen atoms in total. The van der Waals surface area contributed by atoms with Crippen LogP contribution in [0.1, 0.15) is 40.2 Å². The Morgan fingerprint density at radius 3 is 2.24 bits per heavy atom. The molecule has 0 saturated heterocycles. The van der Waals surface area contributed by atoms with Crippen molar-refractivity contribution in [3.63, 3.8) is 0 Å². The standard InChI is InChI=1S/C18H22FNO/c1-17(2,3)18(4,5)15-10-7-11-20(16(15)21)14-9-6-8-13(19)12-14/h6-12H,1-5H3. The van der Waals surface area contributed by atoms with Crippen LogP contribution in [0.4, 0.5) is 4.39 Å². The molecule has 0 spiro atoms. The molecule has 0 fully saturated rings. The molecule has 1 aromatic heterocycles. The maximum atomic E-state index is 13.4. The van der Waals surface area contributed by atoms with Crippen molar-refractivity contribution >= 4 is 0 Å². The molecule has 0 aliphatic rings. The van der Waals surface area contributed by atoms with Crippen LogP contribution in [0.2, 0.25) is 0 Å². The van der Waals surface area contributed by atoms with E-state index in [2.05, 4.69) is 34.6 Å². The van der Waals surface area contributed by atoms with Crippen LogP contribution in [0.25, 0.3) is 5.69 Å². The normalized spacial score (nSPS) is 12.5. The summed E-state index contributed by atoms with van der Waals surface area (Å²) in [6.07, 6.45) is 1.68. The highest BCUT2D eigenvalue weighted by atomic mass is 19.1. The number of pyridine rings is 1. The number of hydrogen-bond acceptors (Lipinski definition) is 1. The summed E-state index contributed by atoms with van der Waals surface area (Å²) in [4.78, 5) is 12.8. The van der Waals surface area contributed by atoms with Crippen molar-refractivity contribution in [1.82, 2.24) is 4.57 Å². The van der Waals surface area contributed by atoms with Gasteiger partial charge in [0.1, 0.15) is 5.82 Å². The number of hydrogen-bond donors (Lipinski definition) is 0. The summed E-state index contributed by atoms with van der Waals surface area (Å²) in [6, 6.07) is 9.79. The van der Waals surface area contributed by atoms with Crippen molar-refractivity contribution in [2.24, 2.45) is 5.41 Å². The lowest BCUT2D eigenvalue weighted by Crippen LogP contribution is -2.40. The van der Waals surface area contributed by atoms with Crippen LogP contribution in [-0.2, 0) is 5.41 Å². The lowest BCUT2D eigenvalue weighted by Gasteiger charge is -2.38. The predicted molar refractivity (Wildman–Crippen MR) is 84.5 cm³/mol. The van der Waals surface area contributed by atoms with Crippen LogP contribution in [0.15, 0.2) is 47.4 Å². The molecule has 0 bridgehead atoms. The lowest BCUT2D eigenvalue weighted by atomic mass is 9.65. The average Bonchev–Trinajstić information content (AvgIpc) is 2.37. The number of nitrogens with zero attached hydrogens (tertiary/aromatic N) is 1. The van der Waals surface area contributed by atoms with Gasteiger partial charge >= 0.3 is 0 Å². The van der Waals surface area contributed by atoms with E-state index in [1.165, 1.54) is 16.7 Å². The Bertz CT molecular complexity index is 708. The fraction of sp³-hybridized carbons (Fsp3) is 0.389. The molecular weight excluding hydrogens is 265 g/mol. The second-order valence-electron chi connectivity index (χ2n) is 6.95. The first kappa shape index (κ1) is 15.5. The van der Waals surface area contributed by atoms with E-state index in [1.807, 2.05) is 12.1 Å². The van der Waals surface area contributed by atoms with Crippen LogP contribution in [0.5, 0.6) is 0 Å². The second-order valence-corrected chi connectivity index (χ2v) is 6.95. The molecule has 112 valence electrons. The van der Waals surface area contributed by atoms with Crippen LogP contribution in [-0.4, -0.2) is 4.57 Å². The number of halogens is 1. The molecule has 0 N–H and O–H groups in total. The van der Waals surface area contributed by atoms with Gasteiger partial charge in [-0.1, -0.05) is 46.8 Å². The molecule has 1 aromatic carbocycles. The molecule has 0 amide bonds. The Balaban J connectivity index is 2.65. The van der Waals surface area contributed by atoms with Crippen molar-refractivity contribution in [1.29, 1.82) is 0 Å². The summed E-state index contributed by atoms with van der Waals surface area (Å²) in [5, 5.41) is 0. The van der Waals surface area contributed by atoms with Crippen LogP contribution >= 0.6 is 0 Å². The van der Waals surface area contributed by atoms with Gasteiger partial charge in [-0.3, -0.25) is 9.36 Å². The summed E-state index contributed by atoms with van der Waals surface area (Å²) in [6.45, 7) is 10.5. The zero-order chi connectivity index (χ0) is 15.8. The van der Waals surface area contributed by atoms with E-state index in [4.69, 9.17) is 0 Å². The van der Waals surface area contributed by atoms with Crippen molar-refractivity contribution in [2.45, 2.75) is 40.0 Å².